The summed E-state index contributed by atoms with van der Waals surface area (Å²) in [6.07, 6.45) is 3.51. The van der Waals surface area contributed by atoms with Gasteiger partial charge in [-0.15, -0.1) is 0 Å². The minimum atomic E-state index is -0.0710. The van der Waals surface area contributed by atoms with Gasteiger partial charge in [0.15, 0.2) is 16.7 Å². The molecule has 1 saturated heterocycles. The normalized spacial score (nSPS) is 16.6. The number of amidine groups is 1. The van der Waals surface area contributed by atoms with Crippen LogP contribution in [0.2, 0.25) is 0 Å². The summed E-state index contributed by atoms with van der Waals surface area (Å²) in [6, 6.07) is 13.5. The second kappa shape index (κ2) is 9.67. The van der Waals surface area contributed by atoms with Gasteiger partial charge >= 0.3 is 0 Å². The number of aliphatic imine (C=N–C) groups is 1. The van der Waals surface area contributed by atoms with Gasteiger partial charge in [-0.1, -0.05) is 42.5 Å². The molecule has 0 radical (unpaired) electrons. The third-order valence-corrected chi connectivity index (χ3v) is 5.46. The molecule has 0 saturated carbocycles. The monoisotopic (exact) mass is 422 g/mol. The molecule has 6 heteroatoms. The third kappa shape index (κ3) is 4.76. The predicted molar refractivity (Wildman–Crippen MR) is 125 cm³/mol. The lowest BCUT2D eigenvalue weighted by Gasteiger charge is -2.19. The molecule has 1 heterocycles. The molecule has 3 rings (SSSR count). The van der Waals surface area contributed by atoms with Crippen molar-refractivity contribution < 1.29 is 14.3 Å². The maximum absolute atomic E-state index is 13.2. The molecule has 0 atom stereocenters. The van der Waals surface area contributed by atoms with E-state index in [4.69, 9.17) is 14.5 Å². The van der Waals surface area contributed by atoms with Crippen molar-refractivity contribution in [3.63, 3.8) is 0 Å². The number of thioether (sulfide) groups is 1. The number of ether oxygens (including phenoxy) is 2. The molecule has 0 aromatic heterocycles. The number of aryl methyl sites for hydroxylation is 1. The zero-order valence-electron chi connectivity index (χ0n) is 17.7. The predicted octanol–water partition coefficient (Wildman–Crippen LogP) is 5.58. The first-order valence-corrected chi connectivity index (χ1v) is 10.6. The van der Waals surface area contributed by atoms with E-state index < -0.39 is 0 Å². The van der Waals surface area contributed by atoms with Crippen LogP contribution in [-0.4, -0.2) is 35.7 Å². The highest BCUT2D eigenvalue weighted by atomic mass is 32.2. The highest BCUT2D eigenvalue weighted by Crippen LogP contribution is 2.39. The molecular weight excluding hydrogens is 396 g/mol. The summed E-state index contributed by atoms with van der Waals surface area (Å²) in [5.74, 6) is 1.12. The van der Waals surface area contributed by atoms with Crippen LogP contribution in [0.4, 0.5) is 5.69 Å². The second-order valence-corrected chi connectivity index (χ2v) is 8.10. The highest BCUT2D eigenvalue weighted by molar-refractivity contribution is 8.18. The number of amides is 1. The first-order chi connectivity index (χ1) is 14.4. The van der Waals surface area contributed by atoms with E-state index in [1.807, 2.05) is 69.3 Å². The van der Waals surface area contributed by atoms with Crippen molar-refractivity contribution in [1.82, 2.24) is 4.90 Å². The van der Waals surface area contributed by atoms with Crippen LogP contribution in [0.15, 0.2) is 65.0 Å². The van der Waals surface area contributed by atoms with Gasteiger partial charge in [-0.05, 0) is 56.8 Å². The van der Waals surface area contributed by atoms with Gasteiger partial charge in [-0.3, -0.25) is 9.69 Å². The van der Waals surface area contributed by atoms with E-state index in [1.54, 1.807) is 18.1 Å². The average molecular weight is 423 g/mol. The fourth-order valence-corrected chi connectivity index (χ4v) is 4.11. The van der Waals surface area contributed by atoms with Crippen molar-refractivity contribution in [2.75, 3.05) is 13.7 Å². The number of hydrogen-bond acceptors (Lipinski definition) is 5. The summed E-state index contributed by atoms with van der Waals surface area (Å²) in [4.78, 5) is 20.2. The van der Waals surface area contributed by atoms with Crippen LogP contribution in [0.25, 0.3) is 6.08 Å². The van der Waals surface area contributed by atoms with Crippen LogP contribution in [0, 0.1) is 6.92 Å². The largest absolute Gasteiger partial charge is 0.493 e. The van der Waals surface area contributed by atoms with E-state index in [-0.39, 0.29) is 11.9 Å². The van der Waals surface area contributed by atoms with Gasteiger partial charge in [0.2, 0.25) is 0 Å². The van der Waals surface area contributed by atoms with E-state index in [0.717, 1.165) is 11.3 Å². The lowest BCUT2D eigenvalue weighted by Crippen LogP contribution is -2.35. The average Bonchev–Trinajstić information content (AvgIpc) is 3.03. The van der Waals surface area contributed by atoms with Gasteiger partial charge in [0.1, 0.15) is 6.61 Å². The van der Waals surface area contributed by atoms with Crippen LogP contribution in [0.3, 0.4) is 0 Å². The highest BCUT2D eigenvalue weighted by Gasteiger charge is 2.35. The van der Waals surface area contributed by atoms with E-state index >= 15 is 0 Å². The molecule has 0 unspecified atom stereocenters. The quantitative estimate of drug-likeness (QED) is 0.432. The van der Waals surface area contributed by atoms with E-state index in [0.29, 0.717) is 28.2 Å². The molecule has 0 bridgehead atoms. The Morgan fingerprint density at radius 2 is 1.93 bits per heavy atom. The summed E-state index contributed by atoms with van der Waals surface area (Å²) in [5.41, 5.74) is 2.76. The minimum absolute atomic E-state index is 0.0121. The van der Waals surface area contributed by atoms with Crippen LogP contribution >= 0.6 is 11.8 Å². The van der Waals surface area contributed by atoms with Gasteiger partial charge in [0.25, 0.3) is 5.91 Å². The molecule has 2 aromatic rings. The Morgan fingerprint density at radius 1 is 1.20 bits per heavy atom. The number of rotatable bonds is 7. The Bertz CT molecular complexity index is 994. The van der Waals surface area contributed by atoms with Crippen molar-refractivity contribution in [3.05, 3.63) is 71.2 Å². The lowest BCUT2D eigenvalue weighted by molar-refractivity contribution is -0.123. The standard InChI is InChI=1S/C24H26N2O3S/c1-6-14-29-22-18(8-7-9-20(22)28-5)15-21-23(27)26(16(2)3)24(30-21)25-19-12-10-17(4)11-13-19/h6-13,15-16H,1,14H2,2-5H3/b21-15+,25-24?. The number of carbonyl (C=O) groups excluding carboxylic acids is 1. The molecule has 0 N–H and O–H groups in total. The first-order valence-electron chi connectivity index (χ1n) is 9.73. The van der Waals surface area contributed by atoms with Gasteiger partial charge in [0.05, 0.1) is 17.7 Å². The number of carbonyl (C=O) groups is 1. The second-order valence-electron chi connectivity index (χ2n) is 7.09. The Kier molecular flexibility index (Phi) is 7.00. The molecule has 156 valence electrons. The van der Waals surface area contributed by atoms with Crippen LogP contribution < -0.4 is 9.47 Å². The number of methoxy groups -OCH3 is 1. The number of benzene rings is 2. The molecule has 1 aliphatic rings. The maximum atomic E-state index is 13.2. The smallest absolute Gasteiger partial charge is 0.266 e. The van der Waals surface area contributed by atoms with Crippen molar-refractivity contribution >= 4 is 34.6 Å². The maximum Gasteiger partial charge on any atom is 0.266 e. The fraction of sp³-hybridized carbons (Fsp3) is 0.250. The Labute approximate surface area is 182 Å². The minimum Gasteiger partial charge on any atom is -0.493 e. The molecule has 30 heavy (non-hydrogen) atoms. The zero-order valence-corrected chi connectivity index (χ0v) is 18.5. The molecule has 0 aliphatic carbocycles. The summed E-state index contributed by atoms with van der Waals surface area (Å²) >= 11 is 1.37. The van der Waals surface area contributed by atoms with Gasteiger partial charge in [-0.25, -0.2) is 4.99 Å². The number of hydrogen-bond donors (Lipinski definition) is 0. The SMILES string of the molecule is C=CCOc1c(/C=C2/SC(=Nc3ccc(C)cc3)N(C(C)C)C2=O)cccc1OC. The Hall–Kier alpha value is -2.99. The number of nitrogens with zero attached hydrogens (tertiary/aromatic N) is 2. The van der Waals surface area contributed by atoms with E-state index in [2.05, 4.69) is 6.58 Å². The summed E-state index contributed by atoms with van der Waals surface area (Å²) in [5, 5.41) is 0.668. The van der Waals surface area contributed by atoms with Crippen molar-refractivity contribution in [3.8, 4) is 11.5 Å². The lowest BCUT2D eigenvalue weighted by atomic mass is 10.1. The first kappa shape index (κ1) is 21.7. The Balaban J connectivity index is 2.01. The summed E-state index contributed by atoms with van der Waals surface area (Å²) in [7, 11) is 1.59. The molecule has 1 aliphatic heterocycles. The van der Waals surface area contributed by atoms with Crippen molar-refractivity contribution in [1.29, 1.82) is 0 Å². The fourth-order valence-electron chi connectivity index (χ4n) is 2.99. The molecule has 1 fully saturated rings. The van der Waals surface area contributed by atoms with Crippen molar-refractivity contribution in [2.45, 2.75) is 26.8 Å². The zero-order chi connectivity index (χ0) is 21.7. The van der Waals surface area contributed by atoms with E-state index in [9.17, 15) is 4.79 Å². The van der Waals surface area contributed by atoms with Gasteiger partial charge in [-0.2, -0.15) is 0 Å². The topological polar surface area (TPSA) is 51.1 Å². The number of para-hydroxylation sites is 1. The third-order valence-electron chi connectivity index (χ3n) is 4.47. The van der Waals surface area contributed by atoms with E-state index in [1.165, 1.54) is 17.3 Å². The summed E-state index contributed by atoms with van der Waals surface area (Å²) < 4.78 is 11.2. The molecule has 5 nitrogen and oxygen atoms in total. The van der Waals surface area contributed by atoms with Crippen LogP contribution in [0.1, 0.15) is 25.0 Å². The molecule has 2 aromatic carbocycles. The summed E-state index contributed by atoms with van der Waals surface area (Å²) in [6.45, 7) is 10.0. The van der Waals surface area contributed by atoms with Crippen molar-refractivity contribution in [2.24, 2.45) is 4.99 Å². The Morgan fingerprint density at radius 3 is 2.57 bits per heavy atom. The van der Waals surface area contributed by atoms with Gasteiger partial charge < -0.3 is 9.47 Å². The van der Waals surface area contributed by atoms with Crippen LogP contribution in [-0.2, 0) is 4.79 Å². The molecular formula is C24H26N2O3S. The van der Waals surface area contributed by atoms with Crippen LogP contribution in [0.5, 0.6) is 11.5 Å². The molecule has 1 amide bonds. The van der Waals surface area contributed by atoms with Gasteiger partial charge in [0, 0.05) is 11.6 Å². The molecule has 0 spiro atoms.